The lowest BCUT2D eigenvalue weighted by molar-refractivity contribution is -0.384. The van der Waals surface area contributed by atoms with E-state index in [1.165, 1.54) is 30.3 Å². The molecule has 32 heavy (non-hydrogen) atoms. The number of sulfonamides is 1. The van der Waals surface area contributed by atoms with Gasteiger partial charge in [-0.1, -0.05) is 54.1 Å². The van der Waals surface area contributed by atoms with Crippen LogP contribution in [-0.4, -0.2) is 30.1 Å². The van der Waals surface area contributed by atoms with E-state index >= 15 is 0 Å². The molecule has 3 aromatic rings. The van der Waals surface area contributed by atoms with Gasteiger partial charge in [0.1, 0.15) is 0 Å². The standard InChI is InChI=1S/C23H23N3O5S/c1-17-8-12-21(13-9-17)32(30,31)25(15-19-6-4-3-5-7-19)16-23(27)24-22-14-20(26(28)29)11-10-18(22)2/h3-14H,15-16H2,1-2H3,(H,24,27). The Balaban J connectivity index is 1.88. The first-order valence-electron chi connectivity index (χ1n) is 9.82. The Kier molecular flexibility index (Phi) is 7.01. The lowest BCUT2D eigenvalue weighted by atomic mass is 10.2. The number of anilines is 1. The van der Waals surface area contributed by atoms with Crippen molar-refractivity contribution >= 4 is 27.3 Å². The van der Waals surface area contributed by atoms with Crippen molar-refractivity contribution in [3.63, 3.8) is 0 Å². The molecule has 0 aliphatic rings. The van der Waals surface area contributed by atoms with Crippen LogP contribution in [0.25, 0.3) is 0 Å². The summed E-state index contributed by atoms with van der Waals surface area (Å²) in [6, 6.07) is 19.5. The molecule has 3 rings (SSSR count). The molecule has 8 nitrogen and oxygen atoms in total. The molecule has 1 N–H and O–H groups in total. The Morgan fingerprint density at radius 1 is 1.00 bits per heavy atom. The summed E-state index contributed by atoms with van der Waals surface area (Å²) in [7, 11) is -3.97. The van der Waals surface area contributed by atoms with E-state index in [0.717, 1.165) is 15.4 Å². The molecule has 0 bridgehead atoms. The minimum Gasteiger partial charge on any atom is -0.324 e. The number of nitro benzene ring substituents is 1. The summed E-state index contributed by atoms with van der Waals surface area (Å²) in [5.41, 5.74) is 2.36. The highest BCUT2D eigenvalue weighted by Crippen LogP contribution is 2.23. The van der Waals surface area contributed by atoms with Crippen molar-refractivity contribution in [2.75, 3.05) is 11.9 Å². The van der Waals surface area contributed by atoms with Gasteiger partial charge >= 0.3 is 0 Å². The zero-order chi connectivity index (χ0) is 23.3. The maximum Gasteiger partial charge on any atom is 0.271 e. The smallest absolute Gasteiger partial charge is 0.271 e. The molecule has 0 aliphatic heterocycles. The Morgan fingerprint density at radius 3 is 2.28 bits per heavy atom. The third-order valence-electron chi connectivity index (χ3n) is 4.89. The molecule has 0 aromatic heterocycles. The van der Waals surface area contributed by atoms with Crippen molar-refractivity contribution < 1.29 is 18.1 Å². The number of non-ortho nitro benzene ring substituents is 1. The zero-order valence-corrected chi connectivity index (χ0v) is 18.5. The van der Waals surface area contributed by atoms with Crippen molar-refractivity contribution in [1.29, 1.82) is 0 Å². The predicted molar refractivity (Wildman–Crippen MR) is 122 cm³/mol. The predicted octanol–water partition coefficient (Wildman–Crippen LogP) is 4.04. The van der Waals surface area contributed by atoms with Crippen LogP contribution in [0.4, 0.5) is 11.4 Å². The first-order valence-corrected chi connectivity index (χ1v) is 11.3. The van der Waals surface area contributed by atoms with Crippen LogP contribution in [0.1, 0.15) is 16.7 Å². The topological polar surface area (TPSA) is 110 Å². The summed E-state index contributed by atoms with van der Waals surface area (Å²) in [6.45, 7) is 3.10. The van der Waals surface area contributed by atoms with Gasteiger partial charge in [-0.05, 0) is 37.1 Å². The Morgan fingerprint density at radius 2 is 1.66 bits per heavy atom. The van der Waals surface area contributed by atoms with Crippen LogP contribution >= 0.6 is 0 Å². The molecule has 0 fully saturated rings. The summed E-state index contributed by atoms with van der Waals surface area (Å²) in [5, 5.41) is 13.7. The molecule has 166 valence electrons. The normalized spacial score (nSPS) is 11.3. The second-order valence-electron chi connectivity index (χ2n) is 7.38. The lowest BCUT2D eigenvalue weighted by Crippen LogP contribution is -2.37. The Bertz CT molecular complexity index is 1230. The van der Waals surface area contributed by atoms with Crippen LogP contribution in [0.5, 0.6) is 0 Å². The summed E-state index contributed by atoms with van der Waals surface area (Å²) in [6.07, 6.45) is 0. The fraction of sp³-hybridized carbons (Fsp3) is 0.174. The van der Waals surface area contributed by atoms with E-state index in [1.807, 2.05) is 13.0 Å². The summed E-state index contributed by atoms with van der Waals surface area (Å²) in [5.74, 6) is -0.597. The van der Waals surface area contributed by atoms with Gasteiger partial charge < -0.3 is 5.32 Å². The van der Waals surface area contributed by atoms with Gasteiger partial charge in [0.15, 0.2) is 0 Å². The second-order valence-corrected chi connectivity index (χ2v) is 9.31. The van der Waals surface area contributed by atoms with Gasteiger partial charge in [0.2, 0.25) is 15.9 Å². The highest BCUT2D eigenvalue weighted by molar-refractivity contribution is 7.89. The quantitative estimate of drug-likeness (QED) is 0.409. The third kappa shape index (κ3) is 5.57. The first-order chi connectivity index (χ1) is 15.2. The zero-order valence-electron chi connectivity index (χ0n) is 17.7. The molecule has 0 spiro atoms. The third-order valence-corrected chi connectivity index (χ3v) is 6.69. The highest BCUT2D eigenvalue weighted by atomic mass is 32.2. The fourth-order valence-electron chi connectivity index (χ4n) is 3.08. The number of rotatable bonds is 8. The average Bonchev–Trinajstić information content (AvgIpc) is 2.75. The number of amides is 1. The number of nitrogens with one attached hydrogen (secondary N) is 1. The van der Waals surface area contributed by atoms with Crippen LogP contribution in [0.2, 0.25) is 0 Å². The number of carbonyl (C=O) groups excluding carboxylic acids is 1. The van der Waals surface area contributed by atoms with Crippen molar-refractivity contribution in [3.05, 3.63) is 99.6 Å². The van der Waals surface area contributed by atoms with Gasteiger partial charge in [0.25, 0.3) is 5.69 Å². The van der Waals surface area contributed by atoms with Crippen LogP contribution in [-0.2, 0) is 21.4 Å². The molecule has 0 aliphatic carbocycles. The summed E-state index contributed by atoms with van der Waals surface area (Å²) < 4.78 is 27.7. The number of hydrogen-bond acceptors (Lipinski definition) is 5. The van der Waals surface area contributed by atoms with Gasteiger partial charge in [-0.3, -0.25) is 14.9 Å². The minimum atomic E-state index is -3.97. The lowest BCUT2D eigenvalue weighted by Gasteiger charge is -2.22. The van der Waals surface area contributed by atoms with Crippen LogP contribution in [0.15, 0.2) is 77.7 Å². The van der Waals surface area contributed by atoms with E-state index in [9.17, 15) is 23.3 Å². The number of nitrogens with zero attached hydrogens (tertiary/aromatic N) is 2. The molecule has 0 saturated heterocycles. The molecule has 0 radical (unpaired) electrons. The van der Waals surface area contributed by atoms with Gasteiger partial charge in [0.05, 0.1) is 22.1 Å². The van der Waals surface area contributed by atoms with E-state index in [2.05, 4.69) is 5.32 Å². The fourth-order valence-corrected chi connectivity index (χ4v) is 4.46. The molecule has 0 atom stereocenters. The van der Waals surface area contributed by atoms with Crippen molar-refractivity contribution in [2.24, 2.45) is 0 Å². The number of aryl methyl sites for hydroxylation is 2. The van der Waals surface area contributed by atoms with Gasteiger partial charge in [0, 0.05) is 18.7 Å². The summed E-state index contributed by atoms with van der Waals surface area (Å²) in [4.78, 5) is 23.4. The maximum absolute atomic E-state index is 13.3. The Labute approximate surface area is 186 Å². The molecule has 0 heterocycles. The van der Waals surface area contributed by atoms with Crippen LogP contribution < -0.4 is 5.32 Å². The number of carbonyl (C=O) groups is 1. The number of hydrogen-bond donors (Lipinski definition) is 1. The van der Waals surface area contributed by atoms with Crippen LogP contribution in [0.3, 0.4) is 0 Å². The largest absolute Gasteiger partial charge is 0.324 e. The van der Waals surface area contributed by atoms with E-state index < -0.39 is 27.4 Å². The number of benzene rings is 3. The summed E-state index contributed by atoms with van der Waals surface area (Å²) >= 11 is 0. The number of nitro groups is 1. The monoisotopic (exact) mass is 453 g/mol. The molecule has 1 amide bonds. The molecular weight excluding hydrogens is 430 g/mol. The van der Waals surface area contributed by atoms with Gasteiger partial charge in [-0.2, -0.15) is 4.31 Å². The second kappa shape index (κ2) is 9.71. The van der Waals surface area contributed by atoms with Crippen molar-refractivity contribution in [2.45, 2.75) is 25.3 Å². The molecule has 0 unspecified atom stereocenters. The van der Waals surface area contributed by atoms with Crippen molar-refractivity contribution in [3.8, 4) is 0 Å². The molecular formula is C23H23N3O5S. The Hall–Kier alpha value is -3.56. The SMILES string of the molecule is Cc1ccc(S(=O)(=O)N(CC(=O)Nc2cc([N+](=O)[O-])ccc2C)Cc2ccccc2)cc1. The average molecular weight is 454 g/mol. The molecule has 0 saturated carbocycles. The molecule has 3 aromatic carbocycles. The maximum atomic E-state index is 13.3. The van der Waals surface area contributed by atoms with Crippen molar-refractivity contribution in [1.82, 2.24) is 4.31 Å². The highest BCUT2D eigenvalue weighted by Gasteiger charge is 2.27. The van der Waals surface area contributed by atoms with E-state index in [4.69, 9.17) is 0 Å². The first kappa shape index (κ1) is 23.1. The van der Waals surface area contributed by atoms with Gasteiger partial charge in [-0.15, -0.1) is 0 Å². The van der Waals surface area contributed by atoms with E-state index in [-0.39, 0.29) is 22.8 Å². The molecule has 9 heteroatoms. The van der Waals surface area contributed by atoms with Crippen LogP contribution in [0, 0.1) is 24.0 Å². The van der Waals surface area contributed by atoms with Gasteiger partial charge in [-0.25, -0.2) is 8.42 Å². The van der Waals surface area contributed by atoms with E-state index in [0.29, 0.717) is 5.56 Å². The van der Waals surface area contributed by atoms with E-state index in [1.54, 1.807) is 43.3 Å². The minimum absolute atomic E-state index is 0.00160.